The Morgan fingerprint density at radius 1 is 1.38 bits per heavy atom. The smallest absolute Gasteiger partial charge is 0.226 e. The summed E-state index contributed by atoms with van der Waals surface area (Å²) in [5.41, 5.74) is 1.85. The van der Waals surface area contributed by atoms with Crippen LogP contribution in [0.4, 0.5) is 5.82 Å². The van der Waals surface area contributed by atoms with Crippen molar-refractivity contribution < 1.29 is 9.53 Å². The van der Waals surface area contributed by atoms with Crippen LogP contribution in [0.3, 0.4) is 0 Å². The summed E-state index contributed by atoms with van der Waals surface area (Å²) in [6.07, 6.45) is 2.87. The van der Waals surface area contributed by atoms with Crippen LogP contribution in [0.5, 0.6) is 0 Å². The highest BCUT2D eigenvalue weighted by Gasteiger charge is 2.19. The number of rotatable bonds is 7. The molecule has 2 aromatic rings. The van der Waals surface area contributed by atoms with Crippen LogP contribution < -0.4 is 5.32 Å². The third-order valence-corrected chi connectivity index (χ3v) is 4.88. The minimum absolute atomic E-state index is 0.0337. The van der Waals surface area contributed by atoms with Crippen LogP contribution in [0, 0.1) is 0 Å². The van der Waals surface area contributed by atoms with Gasteiger partial charge in [-0.2, -0.15) is 0 Å². The molecule has 3 rings (SSSR count). The Kier molecular flexibility index (Phi) is 6.41. The highest BCUT2D eigenvalue weighted by atomic mass is 35.5. The van der Waals surface area contributed by atoms with E-state index in [-0.39, 0.29) is 5.91 Å². The molecule has 2 heterocycles. The van der Waals surface area contributed by atoms with Crippen molar-refractivity contribution in [1.29, 1.82) is 0 Å². The second-order valence-electron chi connectivity index (χ2n) is 6.40. The van der Waals surface area contributed by atoms with Crippen molar-refractivity contribution in [1.82, 2.24) is 14.9 Å². The zero-order valence-corrected chi connectivity index (χ0v) is 15.6. The predicted octanol–water partition coefficient (Wildman–Crippen LogP) is 2.75. The quantitative estimate of drug-likeness (QED) is 0.807. The van der Waals surface area contributed by atoms with E-state index in [1.54, 1.807) is 24.3 Å². The van der Waals surface area contributed by atoms with Gasteiger partial charge in [-0.15, -0.1) is 0 Å². The number of aromatic nitrogens is 2. The Labute approximate surface area is 158 Å². The number of ether oxygens (including phenoxy) is 1. The van der Waals surface area contributed by atoms with E-state index in [2.05, 4.69) is 15.3 Å². The van der Waals surface area contributed by atoms with Crippen LogP contribution in [0.1, 0.15) is 23.6 Å². The molecule has 26 heavy (non-hydrogen) atoms. The number of likely N-dealkylation sites (N-methyl/N-ethyl adjacent to an activating group) is 1. The number of nitrogens with one attached hydrogen (secondary N) is 1. The van der Waals surface area contributed by atoms with Crippen LogP contribution >= 0.6 is 11.6 Å². The standard InChI is InChI=1S/C19H23ClN4O2/c1-24(19(25)10-14-4-2-3-5-16(14)20)8-7-21-18-11-17(22-13-23-18)15-6-9-26-12-15/h2-5,11,13,15H,6-10,12H2,1H3,(H,21,22,23)/t15-/m0/s1. The number of halogens is 1. The molecular formula is C19H23ClN4O2. The molecule has 0 saturated carbocycles. The van der Waals surface area contributed by atoms with Gasteiger partial charge < -0.3 is 15.0 Å². The minimum Gasteiger partial charge on any atom is -0.381 e. The average Bonchev–Trinajstić information content (AvgIpc) is 3.18. The van der Waals surface area contributed by atoms with Crippen LogP contribution in [0.2, 0.25) is 5.02 Å². The second-order valence-corrected chi connectivity index (χ2v) is 6.81. The number of hydrogen-bond donors (Lipinski definition) is 1. The maximum Gasteiger partial charge on any atom is 0.226 e. The SMILES string of the molecule is CN(CCNc1cc([C@H]2CCOC2)ncn1)C(=O)Cc1ccccc1Cl. The first kappa shape index (κ1) is 18.6. The highest BCUT2D eigenvalue weighted by Crippen LogP contribution is 2.24. The number of benzene rings is 1. The molecule has 0 radical (unpaired) electrons. The second kappa shape index (κ2) is 8.96. The van der Waals surface area contributed by atoms with E-state index >= 15 is 0 Å². The normalized spacial score (nSPS) is 16.5. The maximum absolute atomic E-state index is 12.3. The van der Waals surface area contributed by atoms with Crippen molar-refractivity contribution >= 4 is 23.3 Å². The fourth-order valence-electron chi connectivity index (χ4n) is 2.88. The first-order chi connectivity index (χ1) is 12.6. The van der Waals surface area contributed by atoms with Gasteiger partial charge in [-0.3, -0.25) is 4.79 Å². The van der Waals surface area contributed by atoms with Crippen molar-refractivity contribution in [2.45, 2.75) is 18.8 Å². The van der Waals surface area contributed by atoms with Crippen molar-refractivity contribution in [2.24, 2.45) is 0 Å². The Balaban J connectivity index is 1.47. The van der Waals surface area contributed by atoms with Crippen LogP contribution in [0.15, 0.2) is 36.7 Å². The lowest BCUT2D eigenvalue weighted by molar-refractivity contribution is -0.129. The summed E-state index contributed by atoms with van der Waals surface area (Å²) in [7, 11) is 1.79. The molecule has 1 amide bonds. The van der Waals surface area contributed by atoms with E-state index in [0.717, 1.165) is 36.7 Å². The summed E-state index contributed by atoms with van der Waals surface area (Å²) in [5.74, 6) is 1.15. The zero-order chi connectivity index (χ0) is 18.4. The third kappa shape index (κ3) is 4.93. The molecule has 1 aromatic carbocycles. The number of anilines is 1. The summed E-state index contributed by atoms with van der Waals surface area (Å²) in [6.45, 7) is 2.70. The molecule has 1 atom stereocenters. The van der Waals surface area contributed by atoms with E-state index < -0.39 is 0 Å². The van der Waals surface area contributed by atoms with Gasteiger partial charge in [-0.25, -0.2) is 9.97 Å². The Morgan fingerprint density at radius 2 is 2.23 bits per heavy atom. The summed E-state index contributed by atoms with van der Waals surface area (Å²) in [5, 5.41) is 3.88. The van der Waals surface area contributed by atoms with E-state index in [1.165, 1.54) is 0 Å². The number of carbonyl (C=O) groups is 1. The summed E-state index contributed by atoms with van der Waals surface area (Å²) >= 11 is 6.12. The van der Waals surface area contributed by atoms with Crippen LogP contribution in [-0.4, -0.2) is 54.1 Å². The summed E-state index contributed by atoms with van der Waals surface area (Å²) < 4.78 is 5.41. The number of nitrogens with zero attached hydrogens (tertiary/aromatic N) is 3. The summed E-state index contributed by atoms with van der Waals surface area (Å²) in [6, 6.07) is 9.38. The van der Waals surface area contributed by atoms with Crippen LogP contribution in [-0.2, 0) is 16.0 Å². The molecule has 138 valence electrons. The fourth-order valence-corrected chi connectivity index (χ4v) is 3.08. The lowest BCUT2D eigenvalue weighted by atomic mass is 10.1. The molecule has 0 spiro atoms. The molecule has 1 saturated heterocycles. The van der Waals surface area contributed by atoms with E-state index in [4.69, 9.17) is 16.3 Å². The largest absolute Gasteiger partial charge is 0.381 e. The Bertz CT molecular complexity index is 750. The molecular weight excluding hydrogens is 352 g/mol. The van der Waals surface area contributed by atoms with Gasteiger partial charge in [-0.05, 0) is 18.1 Å². The highest BCUT2D eigenvalue weighted by molar-refractivity contribution is 6.31. The van der Waals surface area contributed by atoms with Gasteiger partial charge in [0.05, 0.1) is 18.7 Å². The van der Waals surface area contributed by atoms with Crippen molar-refractivity contribution in [3.63, 3.8) is 0 Å². The zero-order valence-electron chi connectivity index (χ0n) is 14.8. The van der Waals surface area contributed by atoms with Gasteiger partial charge in [0.1, 0.15) is 12.1 Å². The topological polar surface area (TPSA) is 67.3 Å². The molecule has 1 aromatic heterocycles. The van der Waals surface area contributed by atoms with Gasteiger partial charge in [0.2, 0.25) is 5.91 Å². The van der Waals surface area contributed by atoms with Crippen LogP contribution in [0.25, 0.3) is 0 Å². The lowest BCUT2D eigenvalue weighted by Gasteiger charge is -2.18. The molecule has 1 aliphatic rings. The van der Waals surface area contributed by atoms with E-state index in [9.17, 15) is 4.79 Å². The first-order valence-corrected chi connectivity index (χ1v) is 9.12. The van der Waals surface area contributed by atoms with Gasteiger partial charge in [-0.1, -0.05) is 29.8 Å². The number of hydrogen-bond acceptors (Lipinski definition) is 5. The molecule has 1 aliphatic heterocycles. The van der Waals surface area contributed by atoms with Gasteiger partial charge in [0.25, 0.3) is 0 Å². The molecule has 0 bridgehead atoms. The molecule has 1 fully saturated rings. The van der Waals surface area contributed by atoms with Crippen molar-refractivity contribution in [3.8, 4) is 0 Å². The first-order valence-electron chi connectivity index (χ1n) is 8.74. The van der Waals surface area contributed by atoms with Gasteiger partial charge in [0, 0.05) is 43.8 Å². The average molecular weight is 375 g/mol. The summed E-state index contributed by atoms with van der Waals surface area (Å²) in [4.78, 5) is 22.6. The maximum atomic E-state index is 12.3. The van der Waals surface area contributed by atoms with Gasteiger partial charge in [0.15, 0.2) is 0 Å². The molecule has 6 nitrogen and oxygen atoms in total. The fraction of sp³-hybridized carbons (Fsp3) is 0.421. The molecule has 0 aliphatic carbocycles. The third-order valence-electron chi connectivity index (χ3n) is 4.51. The lowest BCUT2D eigenvalue weighted by Crippen LogP contribution is -2.32. The van der Waals surface area contributed by atoms with Crippen molar-refractivity contribution in [2.75, 3.05) is 38.7 Å². The Hall–Kier alpha value is -2.18. The monoisotopic (exact) mass is 374 g/mol. The number of carbonyl (C=O) groups excluding carboxylic acids is 1. The van der Waals surface area contributed by atoms with E-state index in [1.807, 2.05) is 24.3 Å². The molecule has 1 N–H and O–H groups in total. The van der Waals surface area contributed by atoms with E-state index in [0.29, 0.717) is 30.5 Å². The molecule has 7 heteroatoms. The van der Waals surface area contributed by atoms with Gasteiger partial charge >= 0.3 is 0 Å². The molecule has 0 unspecified atom stereocenters. The Morgan fingerprint density at radius 3 is 3.00 bits per heavy atom. The number of amides is 1. The predicted molar refractivity (Wildman–Crippen MR) is 101 cm³/mol. The van der Waals surface area contributed by atoms with Crippen molar-refractivity contribution in [3.05, 3.63) is 52.9 Å². The minimum atomic E-state index is 0.0337.